The lowest BCUT2D eigenvalue weighted by Gasteiger charge is -2.34. The van der Waals surface area contributed by atoms with E-state index in [0.717, 1.165) is 12.8 Å². The number of pyridine rings is 1. The minimum Gasteiger partial charge on any atom is -0.467 e. The van der Waals surface area contributed by atoms with Gasteiger partial charge in [0.25, 0.3) is 0 Å². The molecule has 8 heteroatoms. The van der Waals surface area contributed by atoms with Crippen molar-refractivity contribution >= 4 is 29.1 Å². The van der Waals surface area contributed by atoms with Crippen molar-refractivity contribution < 1.29 is 14.5 Å². The first-order chi connectivity index (χ1) is 9.54. The monoisotopic (exact) mass is 299 g/mol. The van der Waals surface area contributed by atoms with Crippen LogP contribution >= 0.6 is 11.6 Å². The van der Waals surface area contributed by atoms with Crippen LogP contribution in [0.15, 0.2) is 12.3 Å². The number of carbonyl (C=O) groups is 1. The Morgan fingerprint density at radius 2 is 2.35 bits per heavy atom. The predicted molar refractivity (Wildman–Crippen MR) is 72.9 cm³/mol. The Bertz CT molecular complexity index is 537. The molecule has 0 spiro atoms. The predicted octanol–water partition coefficient (Wildman–Crippen LogP) is 2.18. The number of methoxy groups -OCH3 is 1. The molecule has 1 saturated heterocycles. The average molecular weight is 300 g/mol. The summed E-state index contributed by atoms with van der Waals surface area (Å²) in [6, 6.07) is 0.702. The van der Waals surface area contributed by atoms with Gasteiger partial charge in [0.2, 0.25) is 5.82 Å². The van der Waals surface area contributed by atoms with Gasteiger partial charge in [0.1, 0.15) is 6.04 Å². The summed E-state index contributed by atoms with van der Waals surface area (Å²) in [4.78, 5) is 28.1. The largest absolute Gasteiger partial charge is 0.467 e. The van der Waals surface area contributed by atoms with Crippen molar-refractivity contribution in [3.8, 4) is 0 Å². The Morgan fingerprint density at radius 1 is 1.60 bits per heavy atom. The van der Waals surface area contributed by atoms with Gasteiger partial charge >= 0.3 is 11.7 Å². The van der Waals surface area contributed by atoms with Gasteiger partial charge in [-0.2, -0.15) is 0 Å². The molecule has 0 amide bonds. The molecule has 0 radical (unpaired) electrons. The standard InChI is InChI=1S/C12H14ClN3O4/c1-20-12(17)9-4-2-3-5-15(9)11-10(16(18)19)6-8(13)7-14-11/h6-7,9H,2-5H2,1H3. The van der Waals surface area contributed by atoms with Gasteiger partial charge < -0.3 is 9.64 Å². The number of piperidine rings is 1. The van der Waals surface area contributed by atoms with E-state index in [1.54, 1.807) is 4.90 Å². The Labute approximate surface area is 120 Å². The van der Waals surface area contributed by atoms with Crippen LogP contribution in [0.2, 0.25) is 5.02 Å². The fraction of sp³-hybridized carbons (Fsp3) is 0.500. The van der Waals surface area contributed by atoms with Crippen molar-refractivity contribution in [3.63, 3.8) is 0 Å². The molecule has 7 nitrogen and oxygen atoms in total. The van der Waals surface area contributed by atoms with Crippen molar-refractivity contribution in [2.75, 3.05) is 18.6 Å². The zero-order chi connectivity index (χ0) is 14.7. The molecule has 1 atom stereocenters. The van der Waals surface area contributed by atoms with Crippen LogP contribution in [0.25, 0.3) is 0 Å². The van der Waals surface area contributed by atoms with Crippen LogP contribution in [0, 0.1) is 10.1 Å². The van der Waals surface area contributed by atoms with Gasteiger partial charge in [0.05, 0.1) is 17.1 Å². The van der Waals surface area contributed by atoms with E-state index < -0.39 is 16.9 Å². The summed E-state index contributed by atoms with van der Waals surface area (Å²) in [5.41, 5.74) is -0.201. The molecule has 1 aliphatic heterocycles. The maximum atomic E-state index is 11.8. The molecular formula is C12H14ClN3O4. The van der Waals surface area contributed by atoms with Crippen molar-refractivity contribution in [3.05, 3.63) is 27.4 Å². The lowest BCUT2D eigenvalue weighted by Crippen LogP contribution is -2.46. The van der Waals surface area contributed by atoms with Crippen molar-refractivity contribution in [1.29, 1.82) is 0 Å². The number of nitro groups is 1. The molecule has 0 aliphatic carbocycles. The van der Waals surface area contributed by atoms with Gasteiger partial charge in [-0.1, -0.05) is 11.6 Å². The van der Waals surface area contributed by atoms with Crippen LogP contribution in [0.3, 0.4) is 0 Å². The second-order valence-electron chi connectivity index (χ2n) is 4.48. The number of aromatic nitrogens is 1. The molecule has 1 aromatic heterocycles. The number of hydrogen-bond donors (Lipinski definition) is 0. The van der Waals surface area contributed by atoms with Crippen LogP contribution in [-0.2, 0) is 9.53 Å². The van der Waals surface area contributed by atoms with E-state index in [0.29, 0.717) is 13.0 Å². The van der Waals surface area contributed by atoms with Crippen LogP contribution in [0.4, 0.5) is 11.5 Å². The van der Waals surface area contributed by atoms with Crippen LogP contribution in [0.1, 0.15) is 19.3 Å². The SMILES string of the molecule is COC(=O)C1CCCCN1c1ncc(Cl)cc1[N+](=O)[O-]. The first-order valence-corrected chi connectivity index (χ1v) is 6.56. The van der Waals surface area contributed by atoms with E-state index in [4.69, 9.17) is 16.3 Å². The molecule has 2 heterocycles. The Balaban J connectivity index is 2.42. The number of nitrogens with zero attached hydrogens (tertiary/aromatic N) is 3. The second-order valence-corrected chi connectivity index (χ2v) is 4.92. The van der Waals surface area contributed by atoms with Gasteiger partial charge in [-0.05, 0) is 19.3 Å². The maximum Gasteiger partial charge on any atom is 0.328 e. The Kier molecular flexibility index (Phi) is 4.39. The molecule has 1 aliphatic rings. The molecule has 108 valence electrons. The van der Waals surface area contributed by atoms with E-state index >= 15 is 0 Å². The average Bonchev–Trinajstić information content (AvgIpc) is 2.46. The molecular weight excluding hydrogens is 286 g/mol. The van der Waals surface area contributed by atoms with E-state index in [1.807, 2.05) is 0 Å². The van der Waals surface area contributed by atoms with Gasteiger partial charge in [-0.25, -0.2) is 9.78 Å². The lowest BCUT2D eigenvalue weighted by molar-refractivity contribution is -0.384. The summed E-state index contributed by atoms with van der Waals surface area (Å²) in [7, 11) is 1.30. The molecule has 2 rings (SSSR count). The van der Waals surface area contributed by atoms with E-state index in [-0.39, 0.29) is 16.5 Å². The first-order valence-electron chi connectivity index (χ1n) is 6.19. The third-order valence-corrected chi connectivity index (χ3v) is 3.47. The maximum absolute atomic E-state index is 11.8. The highest BCUT2D eigenvalue weighted by molar-refractivity contribution is 6.30. The van der Waals surface area contributed by atoms with Crippen molar-refractivity contribution in [2.24, 2.45) is 0 Å². The minimum absolute atomic E-state index is 0.162. The lowest BCUT2D eigenvalue weighted by atomic mass is 10.0. The highest BCUT2D eigenvalue weighted by Crippen LogP contribution is 2.32. The summed E-state index contributed by atoms with van der Waals surface area (Å²) < 4.78 is 4.76. The van der Waals surface area contributed by atoms with E-state index in [2.05, 4.69) is 4.98 Å². The number of anilines is 1. The zero-order valence-corrected chi connectivity index (χ0v) is 11.7. The summed E-state index contributed by atoms with van der Waals surface area (Å²) in [6.07, 6.45) is 3.65. The van der Waals surface area contributed by atoms with E-state index in [1.165, 1.54) is 19.4 Å². The van der Waals surface area contributed by atoms with E-state index in [9.17, 15) is 14.9 Å². The molecule has 0 aromatic carbocycles. The highest BCUT2D eigenvalue weighted by Gasteiger charge is 2.34. The van der Waals surface area contributed by atoms with Crippen LogP contribution in [0.5, 0.6) is 0 Å². The number of ether oxygens (including phenoxy) is 1. The second kappa shape index (κ2) is 6.04. The fourth-order valence-electron chi connectivity index (χ4n) is 2.34. The zero-order valence-electron chi connectivity index (χ0n) is 10.9. The normalized spacial score (nSPS) is 18.7. The summed E-state index contributed by atoms with van der Waals surface area (Å²) in [5.74, 6) is -0.245. The Morgan fingerprint density at radius 3 is 3.00 bits per heavy atom. The minimum atomic E-state index is -0.544. The highest BCUT2D eigenvalue weighted by atomic mass is 35.5. The number of hydrogen-bond acceptors (Lipinski definition) is 6. The molecule has 0 saturated carbocycles. The molecule has 20 heavy (non-hydrogen) atoms. The van der Waals surface area contributed by atoms with Crippen molar-refractivity contribution in [2.45, 2.75) is 25.3 Å². The van der Waals surface area contributed by atoms with Gasteiger partial charge in [-0.15, -0.1) is 0 Å². The molecule has 1 aromatic rings. The third-order valence-electron chi connectivity index (χ3n) is 3.26. The van der Waals surface area contributed by atoms with Gasteiger partial charge in [0, 0.05) is 18.8 Å². The fourth-order valence-corrected chi connectivity index (χ4v) is 2.50. The third kappa shape index (κ3) is 2.82. The van der Waals surface area contributed by atoms with Crippen LogP contribution < -0.4 is 4.90 Å². The van der Waals surface area contributed by atoms with Gasteiger partial charge in [-0.3, -0.25) is 10.1 Å². The Hall–Kier alpha value is -1.89. The van der Waals surface area contributed by atoms with Crippen molar-refractivity contribution in [1.82, 2.24) is 4.98 Å². The number of carbonyl (C=O) groups excluding carboxylic acids is 1. The smallest absolute Gasteiger partial charge is 0.328 e. The quantitative estimate of drug-likeness (QED) is 0.483. The molecule has 0 N–H and O–H groups in total. The first kappa shape index (κ1) is 14.5. The molecule has 0 bridgehead atoms. The van der Waals surface area contributed by atoms with Crippen LogP contribution in [-0.4, -0.2) is 35.6 Å². The topological polar surface area (TPSA) is 85.6 Å². The van der Waals surface area contributed by atoms with Gasteiger partial charge in [0.15, 0.2) is 0 Å². The summed E-state index contributed by atoms with van der Waals surface area (Å²) in [6.45, 7) is 0.523. The number of rotatable bonds is 3. The summed E-state index contributed by atoms with van der Waals surface area (Å²) >= 11 is 5.75. The molecule has 1 unspecified atom stereocenters. The number of halogens is 1. The number of esters is 1. The summed E-state index contributed by atoms with van der Waals surface area (Å²) in [5, 5.41) is 11.3. The molecule has 1 fully saturated rings.